The Kier molecular flexibility index (Phi) is 6.42. The van der Waals surface area contributed by atoms with E-state index in [0.29, 0.717) is 36.9 Å². The molecule has 11 heteroatoms. The van der Waals surface area contributed by atoms with Gasteiger partial charge in [0.25, 0.3) is 0 Å². The molecule has 3 heterocycles. The summed E-state index contributed by atoms with van der Waals surface area (Å²) in [5.74, 6) is 2.89. The van der Waals surface area contributed by atoms with Crippen molar-refractivity contribution in [1.82, 2.24) is 19.7 Å². The predicted molar refractivity (Wildman–Crippen MR) is 116 cm³/mol. The number of aromatic nitrogens is 3. The van der Waals surface area contributed by atoms with Crippen molar-refractivity contribution in [3.8, 4) is 11.5 Å². The first-order valence-corrected chi connectivity index (χ1v) is 13.0. The second-order valence-electron chi connectivity index (χ2n) is 7.99. The summed E-state index contributed by atoms with van der Waals surface area (Å²) in [6.07, 6.45) is 1.02. The van der Waals surface area contributed by atoms with Crippen LogP contribution in [0.1, 0.15) is 12.2 Å². The summed E-state index contributed by atoms with van der Waals surface area (Å²) in [5.41, 5.74) is 0. The Morgan fingerprint density at radius 2 is 2.06 bits per heavy atom. The van der Waals surface area contributed by atoms with Crippen molar-refractivity contribution in [2.45, 2.75) is 24.1 Å². The molecule has 1 aromatic carbocycles. The number of hydrogen-bond acceptors (Lipinski definition) is 8. The van der Waals surface area contributed by atoms with Gasteiger partial charge in [-0.2, -0.15) is 0 Å². The highest BCUT2D eigenvalue weighted by Gasteiger charge is 2.29. The van der Waals surface area contributed by atoms with Gasteiger partial charge in [0.2, 0.25) is 5.91 Å². The molecule has 1 aromatic heterocycles. The Bertz CT molecular complexity index is 1060. The zero-order chi connectivity index (χ0) is 22.0. The lowest BCUT2D eigenvalue weighted by Crippen LogP contribution is -2.42. The summed E-state index contributed by atoms with van der Waals surface area (Å²) < 4.78 is 36.8. The van der Waals surface area contributed by atoms with Crippen LogP contribution in [0.5, 0.6) is 11.5 Å². The molecule has 0 spiro atoms. The van der Waals surface area contributed by atoms with E-state index in [4.69, 9.17) is 9.47 Å². The summed E-state index contributed by atoms with van der Waals surface area (Å²) in [5, 5.41) is 9.02. The number of likely N-dealkylation sites (N-methyl/N-ethyl adjacent to an activating group) is 1. The fraction of sp³-hybridized carbons (Fsp3) is 0.550. The maximum absolute atomic E-state index is 12.6. The topological polar surface area (TPSA) is 104 Å². The number of para-hydroxylation sites is 2. The number of hydrogen-bond donors (Lipinski definition) is 0. The maximum atomic E-state index is 12.6. The van der Waals surface area contributed by atoms with Crippen LogP contribution in [-0.2, 0) is 28.1 Å². The Hall–Kier alpha value is -2.27. The molecule has 2 aliphatic heterocycles. The molecule has 9 nitrogen and oxygen atoms in total. The van der Waals surface area contributed by atoms with Crippen molar-refractivity contribution in [3.05, 3.63) is 30.1 Å². The van der Waals surface area contributed by atoms with E-state index in [9.17, 15) is 13.2 Å². The summed E-state index contributed by atoms with van der Waals surface area (Å²) >= 11 is 1.32. The molecule has 0 unspecified atom stereocenters. The fourth-order valence-corrected chi connectivity index (χ4v) is 6.47. The maximum Gasteiger partial charge on any atom is 0.232 e. The minimum Gasteiger partial charge on any atom is -0.486 e. The van der Waals surface area contributed by atoms with Crippen LogP contribution >= 0.6 is 11.8 Å². The normalized spacial score (nSPS) is 21.7. The molecule has 1 fully saturated rings. The van der Waals surface area contributed by atoms with Gasteiger partial charge < -0.3 is 18.9 Å². The zero-order valence-electron chi connectivity index (χ0n) is 17.6. The van der Waals surface area contributed by atoms with Crippen LogP contribution in [0.15, 0.2) is 29.4 Å². The zero-order valence-corrected chi connectivity index (χ0v) is 19.2. The minimum absolute atomic E-state index is 0.0427. The van der Waals surface area contributed by atoms with Gasteiger partial charge >= 0.3 is 0 Å². The Morgan fingerprint density at radius 1 is 1.29 bits per heavy atom. The largest absolute Gasteiger partial charge is 0.486 e. The third-order valence-electron chi connectivity index (χ3n) is 5.52. The number of fused-ring (bicyclic) bond motifs is 1. The molecule has 0 aliphatic carbocycles. The Morgan fingerprint density at radius 3 is 2.81 bits per heavy atom. The van der Waals surface area contributed by atoms with E-state index in [2.05, 4.69) is 10.2 Å². The van der Waals surface area contributed by atoms with Gasteiger partial charge in [-0.1, -0.05) is 23.9 Å². The van der Waals surface area contributed by atoms with Gasteiger partial charge in [0, 0.05) is 20.5 Å². The van der Waals surface area contributed by atoms with Gasteiger partial charge in [-0.05, 0) is 24.5 Å². The number of rotatable bonds is 7. The molecule has 2 aliphatic rings. The minimum atomic E-state index is -2.91. The van der Waals surface area contributed by atoms with Crippen molar-refractivity contribution in [2.75, 3.05) is 37.5 Å². The van der Waals surface area contributed by atoms with Gasteiger partial charge in [0.15, 0.2) is 32.6 Å². The molecule has 2 aromatic rings. The number of carbonyl (C=O) groups is 1. The first-order chi connectivity index (χ1) is 14.8. The quantitative estimate of drug-likeness (QED) is 0.561. The molecule has 0 saturated carbocycles. The summed E-state index contributed by atoms with van der Waals surface area (Å²) in [7, 11) is 0.679. The molecule has 0 bridgehead atoms. The van der Waals surface area contributed by atoms with Crippen molar-refractivity contribution < 1.29 is 22.7 Å². The van der Waals surface area contributed by atoms with Crippen LogP contribution < -0.4 is 9.47 Å². The number of carbonyl (C=O) groups excluding carboxylic acids is 1. The van der Waals surface area contributed by atoms with Gasteiger partial charge in [-0.3, -0.25) is 4.79 Å². The van der Waals surface area contributed by atoms with Crippen molar-refractivity contribution in [1.29, 1.82) is 0 Å². The second kappa shape index (κ2) is 9.07. The number of benzene rings is 1. The highest BCUT2D eigenvalue weighted by Crippen LogP contribution is 2.31. The van der Waals surface area contributed by atoms with Crippen LogP contribution in [0.2, 0.25) is 0 Å². The van der Waals surface area contributed by atoms with Crippen LogP contribution in [0.4, 0.5) is 0 Å². The van der Waals surface area contributed by atoms with Crippen LogP contribution in [-0.4, -0.2) is 77.6 Å². The third kappa shape index (κ3) is 5.32. The van der Waals surface area contributed by atoms with E-state index in [1.165, 1.54) is 11.8 Å². The molecule has 1 saturated heterocycles. The second-order valence-corrected chi connectivity index (χ2v) is 11.2. The van der Waals surface area contributed by atoms with Gasteiger partial charge in [-0.25, -0.2) is 8.42 Å². The number of ether oxygens (including phenoxy) is 2. The van der Waals surface area contributed by atoms with E-state index < -0.39 is 9.84 Å². The number of amides is 1. The molecule has 168 valence electrons. The van der Waals surface area contributed by atoms with E-state index in [1.807, 2.05) is 35.9 Å². The SMILES string of the molecule is CN(C[C@H]1COc2ccccc2O1)C(=O)CSc1nnc(C[C@H]2CCS(=O)(=O)C2)n1C. The summed E-state index contributed by atoms with van der Waals surface area (Å²) in [6, 6.07) is 7.49. The molecule has 31 heavy (non-hydrogen) atoms. The van der Waals surface area contributed by atoms with Crippen molar-refractivity contribution >= 4 is 27.5 Å². The van der Waals surface area contributed by atoms with Gasteiger partial charge in [-0.15, -0.1) is 10.2 Å². The van der Waals surface area contributed by atoms with E-state index >= 15 is 0 Å². The number of thioether (sulfide) groups is 1. The van der Waals surface area contributed by atoms with E-state index in [-0.39, 0.29) is 35.2 Å². The van der Waals surface area contributed by atoms with Gasteiger partial charge in [0.1, 0.15) is 12.4 Å². The lowest BCUT2D eigenvalue weighted by atomic mass is 10.1. The molecular weight excluding hydrogens is 440 g/mol. The highest BCUT2D eigenvalue weighted by molar-refractivity contribution is 7.99. The standard InChI is InChI=1S/C20H26N4O5S2/c1-23(10-15-11-28-16-5-3-4-6-17(16)29-15)19(25)12-30-20-22-21-18(24(20)2)9-14-7-8-31(26,27)13-14/h3-6,14-15H,7-13H2,1-2H3/t14-,15+/m1/s1. The number of nitrogens with zero attached hydrogens (tertiary/aromatic N) is 4. The van der Waals surface area contributed by atoms with Crippen LogP contribution in [0.3, 0.4) is 0 Å². The Labute approximate surface area is 186 Å². The molecule has 0 radical (unpaired) electrons. The summed E-state index contributed by atoms with van der Waals surface area (Å²) in [4.78, 5) is 14.2. The highest BCUT2D eigenvalue weighted by atomic mass is 32.2. The van der Waals surface area contributed by atoms with Gasteiger partial charge in [0.05, 0.1) is 23.8 Å². The number of sulfone groups is 1. The molecular formula is C20H26N4O5S2. The molecule has 0 N–H and O–H groups in total. The lowest BCUT2D eigenvalue weighted by molar-refractivity contribution is -0.128. The fourth-order valence-electron chi connectivity index (χ4n) is 3.74. The first-order valence-electron chi connectivity index (χ1n) is 10.1. The van der Waals surface area contributed by atoms with Crippen molar-refractivity contribution in [2.24, 2.45) is 13.0 Å². The summed E-state index contributed by atoms with van der Waals surface area (Å²) in [6.45, 7) is 0.819. The van der Waals surface area contributed by atoms with E-state index in [0.717, 1.165) is 11.6 Å². The molecule has 1 amide bonds. The molecule has 2 atom stereocenters. The van der Waals surface area contributed by atoms with Crippen molar-refractivity contribution in [3.63, 3.8) is 0 Å². The van der Waals surface area contributed by atoms with Crippen LogP contribution in [0, 0.1) is 5.92 Å². The third-order valence-corrected chi connectivity index (χ3v) is 8.36. The van der Waals surface area contributed by atoms with E-state index in [1.54, 1.807) is 11.9 Å². The predicted octanol–water partition coefficient (Wildman–Crippen LogP) is 1.18. The average molecular weight is 467 g/mol. The van der Waals surface area contributed by atoms with Crippen LogP contribution in [0.25, 0.3) is 0 Å². The average Bonchev–Trinajstić information content (AvgIpc) is 3.27. The lowest BCUT2D eigenvalue weighted by Gasteiger charge is -2.29. The molecule has 4 rings (SSSR count). The monoisotopic (exact) mass is 466 g/mol. The Balaban J connectivity index is 1.26. The smallest absolute Gasteiger partial charge is 0.232 e. The first kappa shape index (κ1) is 21.9.